The van der Waals surface area contributed by atoms with E-state index in [1.165, 1.54) is 0 Å². The Morgan fingerprint density at radius 3 is 2.84 bits per heavy atom. The molecule has 0 aliphatic carbocycles. The Kier molecular flexibility index (Phi) is 5.10. The van der Waals surface area contributed by atoms with Crippen LogP contribution in [-0.4, -0.2) is 40.6 Å². The molecule has 0 unspecified atom stereocenters. The van der Waals surface area contributed by atoms with Crippen LogP contribution in [0.1, 0.15) is 34.9 Å². The first kappa shape index (κ1) is 17.5. The molecule has 2 aliphatic heterocycles. The van der Waals surface area contributed by atoms with Crippen molar-refractivity contribution < 1.29 is 14.3 Å². The molecule has 9 heteroatoms. The fraction of sp³-hybridized carbons (Fsp3) is 0.438. The summed E-state index contributed by atoms with van der Waals surface area (Å²) in [7, 11) is 1.78. The number of aryl methyl sites for hydroxylation is 1. The summed E-state index contributed by atoms with van der Waals surface area (Å²) in [4.78, 5) is 17.0. The number of nitrogens with one attached hydrogen (secondary N) is 2. The van der Waals surface area contributed by atoms with Crippen LogP contribution in [0.5, 0.6) is 11.5 Å². The third-order valence-electron chi connectivity index (χ3n) is 4.34. The molecule has 2 aliphatic rings. The Bertz CT molecular complexity index is 773. The number of fused-ring (bicyclic) bond motifs is 1. The molecule has 1 fully saturated rings. The number of nitrogens with zero attached hydrogens (tertiary/aromatic N) is 3. The minimum absolute atomic E-state index is 0. The topological polar surface area (TPSA) is 90.3 Å². The number of halogens is 1. The summed E-state index contributed by atoms with van der Waals surface area (Å²) < 4.78 is 12.2. The number of piperidine rings is 1. The molecule has 1 aromatic heterocycles. The molecule has 0 spiro atoms. The number of benzene rings is 1. The summed E-state index contributed by atoms with van der Waals surface area (Å²) >= 11 is 0. The van der Waals surface area contributed by atoms with Crippen LogP contribution < -0.4 is 20.1 Å². The second-order valence-corrected chi connectivity index (χ2v) is 5.96. The summed E-state index contributed by atoms with van der Waals surface area (Å²) in [5, 5.41) is 10.6. The van der Waals surface area contributed by atoms with Crippen LogP contribution in [0.25, 0.3) is 0 Å². The van der Waals surface area contributed by atoms with Gasteiger partial charge in [0, 0.05) is 18.5 Å². The molecule has 8 nitrogen and oxygen atoms in total. The van der Waals surface area contributed by atoms with Gasteiger partial charge in [0.05, 0.1) is 0 Å². The molecule has 4 rings (SSSR count). The van der Waals surface area contributed by atoms with Crippen molar-refractivity contribution >= 4 is 24.3 Å². The highest BCUT2D eigenvalue weighted by atomic mass is 35.5. The van der Waals surface area contributed by atoms with E-state index in [4.69, 9.17) is 9.47 Å². The molecule has 1 aromatic carbocycles. The number of rotatable bonds is 3. The number of hydrogen-bond acceptors (Lipinski definition) is 6. The second-order valence-electron chi connectivity index (χ2n) is 5.96. The Morgan fingerprint density at radius 2 is 2.04 bits per heavy atom. The molecule has 1 amide bonds. The van der Waals surface area contributed by atoms with Crippen molar-refractivity contribution in [3.8, 4) is 11.5 Å². The zero-order chi connectivity index (χ0) is 16.5. The predicted molar refractivity (Wildman–Crippen MR) is 93.6 cm³/mol. The maximum Gasteiger partial charge on any atom is 0.258 e. The number of anilines is 1. The van der Waals surface area contributed by atoms with Crippen LogP contribution in [-0.2, 0) is 7.05 Å². The van der Waals surface area contributed by atoms with Crippen LogP contribution >= 0.6 is 12.4 Å². The molecule has 2 N–H and O–H groups in total. The maximum absolute atomic E-state index is 12.5. The average Bonchev–Trinajstić information content (AvgIpc) is 3.22. The van der Waals surface area contributed by atoms with E-state index >= 15 is 0 Å². The van der Waals surface area contributed by atoms with Gasteiger partial charge in [-0.15, -0.1) is 12.4 Å². The number of amides is 1. The van der Waals surface area contributed by atoms with E-state index in [9.17, 15) is 4.79 Å². The van der Waals surface area contributed by atoms with Crippen LogP contribution in [0.4, 0.5) is 5.95 Å². The number of aromatic nitrogens is 3. The van der Waals surface area contributed by atoms with Crippen molar-refractivity contribution in [2.24, 2.45) is 7.05 Å². The average molecular weight is 366 g/mol. The largest absolute Gasteiger partial charge is 0.454 e. The van der Waals surface area contributed by atoms with Gasteiger partial charge in [-0.3, -0.25) is 10.1 Å². The molecular weight excluding hydrogens is 346 g/mol. The van der Waals surface area contributed by atoms with Gasteiger partial charge < -0.3 is 14.8 Å². The smallest absolute Gasteiger partial charge is 0.258 e. The van der Waals surface area contributed by atoms with E-state index in [2.05, 4.69) is 20.7 Å². The van der Waals surface area contributed by atoms with Crippen molar-refractivity contribution in [1.29, 1.82) is 0 Å². The first-order valence-electron chi connectivity index (χ1n) is 8.03. The van der Waals surface area contributed by atoms with E-state index in [0.29, 0.717) is 28.9 Å². The van der Waals surface area contributed by atoms with Crippen molar-refractivity contribution in [2.75, 3.05) is 25.2 Å². The van der Waals surface area contributed by atoms with Crippen molar-refractivity contribution in [2.45, 2.75) is 18.8 Å². The molecule has 0 bridgehead atoms. The van der Waals surface area contributed by atoms with Crippen molar-refractivity contribution in [3.63, 3.8) is 0 Å². The highest BCUT2D eigenvalue weighted by Crippen LogP contribution is 2.32. The third-order valence-corrected chi connectivity index (χ3v) is 4.34. The SMILES string of the molecule is Cl.Cn1nc(C2CCNCC2)nc1NC(=O)c1ccc2c(c1)OCO2. The molecule has 0 saturated carbocycles. The van der Waals surface area contributed by atoms with Gasteiger partial charge in [0.2, 0.25) is 12.7 Å². The van der Waals surface area contributed by atoms with Crippen LogP contribution in [0.15, 0.2) is 18.2 Å². The Morgan fingerprint density at radius 1 is 1.28 bits per heavy atom. The van der Waals surface area contributed by atoms with E-state index in [0.717, 1.165) is 31.8 Å². The Labute approximate surface area is 151 Å². The number of ether oxygens (including phenoxy) is 2. The van der Waals surface area contributed by atoms with Crippen molar-refractivity contribution in [1.82, 2.24) is 20.1 Å². The van der Waals surface area contributed by atoms with Gasteiger partial charge in [-0.1, -0.05) is 0 Å². The molecule has 134 valence electrons. The van der Waals surface area contributed by atoms with Gasteiger partial charge in [0.15, 0.2) is 17.3 Å². The Hall–Kier alpha value is -2.32. The summed E-state index contributed by atoms with van der Waals surface area (Å²) in [5.74, 6) is 2.56. The zero-order valence-corrected chi connectivity index (χ0v) is 14.6. The highest BCUT2D eigenvalue weighted by Gasteiger charge is 2.22. The lowest BCUT2D eigenvalue weighted by atomic mass is 9.98. The highest BCUT2D eigenvalue weighted by molar-refractivity contribution is 6.03. The maximum atomic E-state index is 12.5. The zero-order valence-electron chi connectivity index (χ0n) is 13.8. The van der Waals surface area contributed by atoms with E-state index in [1.54, 1.807) is 29.9 Å². The number of carbonyl (C=O) groups is 1. The normalized spacial score (nSPS) is 16.4. The standard InChI is InChI=1S/C16H19N5O3.ClH/c1-21-16(18-14(20-21)10-4-6-17-7-5-10)19-15(22)11-2-3-12-13(8-11)24-9-23-12;/h2-3,8,10,17H,4-7,9H2,1H3,(H,18,19,20,22);1H. The number of hydrogen-bond donors (Lipinski definition) is 2. The molecule has 0 radical (unpaired) electrons. The van der Waals surface area contributed by atoms with Gasteiger partial charge in [-0.25, -0.2) is 4.68 Å². The molecule has 25 heavy (non-hydrogen) atoms. The first-order valence-corrected chi connectivity index (χ1v) is 8.03. The summed E-state index contributed by atoms with van der Waals surface area (Å²) in [6.07, 6.45) is 2.03. The van der Waals surface area contributed by atoms with Gasteiger partial charge in [0.25, 0.3) is 5.91 Å². The van der Waals surface area contributed by atoms with Crippen LogP contribution in [0, 0.1) is 0 Å². The molecule has 3 heterocycles. The van der Waals surface area contributed by atoms with Gasteiger partial charge in [-0.2, -0.15) is 10.1 Å². The third kappa shape index (κ3) is 3.54. The predicted octanol–water partition coefficient (Wildman–Crippen LogP) is 1.68. The quantitative estimate of drug-likeness (QED) is 0.860. The summed E-state index contributed by atoms with van der Waals surface area (Å²) in [6.45, 7) is 2.13. The lowest BCUT2D eigenvalue weighted by Crippen LogP contribution is -2.27. The van der Waals surface area contributed by atoms with E-state index in [1.807, 2.05) is 0 Å². The second kappa shape index (κ2) is 7.28. The monoisotopic (exact) mass is 365 g/mol. The Balaban J connectivity index is 0.00000182. The minimum Gasteiger partial charge on any atom is -0.454 e. The summed E-state index contributed by atoms with van der Waals surface area (Å²) in [6, 6.07) is 5.10. The molecule has 2 aromatic rings. The first-order chi connectivity index (χ1) is 11.7. The lowest BCUT2D eigenvalue weighted by Gasteiger charge is -2.19. The summed E-state index contributed by atoms with van der Waals surface area (Å²) in [5.41, 5.74) is 0.491. The van der Waals surface area contributed by atoms with Gasteiger partial charge in [0.1, 0.15) is 0 Å². The fourth-order valence-corrected chi connectivity index (χ4v) is 2.98. The molecule has 1 saturated heterocycles. The number of carbonyl (C=O) groups excluding carboxylic acids is 1. The lowest BCUT2D eigenvalue weighted by molar-refractivity contribution is 0.102. The molecular formula is C16H20ClN5O3. The van der Waals surface area contributed by atoms with Crippen LogP contribution in [0.2, 0.25) is 0 Å². The minimum atomic E-state index is -0.249. The molecule has 0 atom stereocenters. The van der Waals surface area contributed by atoms with Crippen molar-refractivity contribution in [3.05, 3.63) is 29.6 Å². The van der Waals surface area contributed by atoms with Crippen LogP contribution in [0.3, 0.4) is 0 Å². The van der Waals surface area contributed by atoms with E-state index in [-0.39, 0.29) is 25.1 Å². The van der Waals surface area contributed by atoms with Gasteiger partial charge in [-0.05, 0) is 44.1 Å². The van der Waals surface area contributed by atoms with E-state index < -0.39 is 0 Å². The van der Waals surface area contributed by atoms with Gasteiger partial charge >= 0.3 is 0 Å². The fourth-order valence-electron chi connectivity index (χ4n) is 2.98.